The molecule has 0 spiro atoms. The van der Waals surface area contributed by atoms with E-state index in [0.717, 1.165) is 36.1 Å². The Kier molecular flexibility index (Phi) is 5.99. The lowest BCUT2D eigenvalue weighted by molar-refractivity contribution is -0.137. The van der Waals surface area contributed by atoms with E-state index in [0.29, 0.717) is 0 Å². The predicted octanol–water partition coefficient (Wildman–Crippen LogP) is 4.59. The van der Waals surface area contributed by atoms with Crippen molar-refractivity contribution in [1.29, 1.82) is 0 Å². The van der Waals surface area contributed by atoms with Gasteiger partial charge in [0.25, 0.3) is 0 Å². The average Bonchev–Trinajstić information content (AvgIpc) is 3.21. The maximum Gasteiger partial charge on any atom is 0.303 e. The van der Waals surface area contributed by atoms with Crippen LogP contribution in [0.1, 0.15) is 54.0 Å². The third-order valence-corrected chi connectivity index (χ3v) is 5.53. The second-order valence-corrected chi connectivity index (χ2v) is 7.80. The van der Waals surface area contributed by atoms with Gasteiger partial charge in [-0.3, -0.25) is 4.79 Å². The normalized spacial score (nSPS) is 18.2. The molecule has 0 bridgehead atoms. The number of nitrogens with two attached hydrogens (primary N) is 1. The Balaban J connectivity index is 0.000000170. The van der Waals surface area contributed by atoms with Gasteiger partial charge in [0.15, 0.2) is 0 Å². The maximum absolute atomic E-state index is 10.8. The van der Waals surface area contributed by atoms with Crippen molar-refractivity contribution in [2.24, 2.45) is 5.73 Å². The number of hydrogen-bond acceptors (Lipinski definition) is 3. The highest BCUT2D eigenvalue weighted by Crippen LogP contribution is 2.43. The molecule has 0 unspecified atom stereocenters. The number of halogens is 1. The summed E-state index contributed by atoms with van der Waals surface area (Å²) in [7, 11) is 0. The van der Waals surface area contributed by atoms with Crippen LogP contribution in [-0.2, 0) is 17.6 Å². The minimum atomic E-state index is -0.700. The maximum atomic E-state index is 10.8. The van der Waals surface area contributed by atoms with Crippen molar-refractivity contribution in [3.63, 3.8) is 0 Å². The van der Waals surface area contributed by atoms with Crippen LogP contribution in [0.25, 0.3) is 0 Å². The lowest BCUT2D eigenvalue weighted by Gasteiger charge is -2.12. The Hall–Kier alpha value is -1.85. The topological polar surface area (TPSA) is 72.6 Å². The third-order valence-electron chi connectivity index (χ3n) is 5.00. The zero-order valence-corrected chi connectivity index (χ0v) is 16.5. The molecule has 2 aromatic rings. The minimum Gasteiger partial charge on any atom is -0.493 e. The summed E-state index contributed by atoms with van der Waals surface area (Å²) in [5.41, 5.74) is 10.7. The van der Waals surface area contributed by atoms with E-state index in [2.05, 4.69) is 22.0 Å². The van der Waals surface area contributed by atoms with Gasteiger partial charge in [0.2, 0.25) is 0 Å². The lowest BCUT2D eigenvalue weighted by Crippen LogP contribution is -2.05. The van der Waals surface area contributed by atoms with Gasteiger partial charge < -0.3 is 15.6 Å². The second kappa shape index (κ2) is 8.23. The molecule has 5 heteroatoms. The number of rotatable bonds is 3. The fourth-order valence-corrected chi connectivity index (χ4v) is 4.00. The van der Waals surface area contributed by atoms with E-state index >= 15 is 0 Å². The van der Waals surface area contributed by atoms with Gasteiger partial charge in [0.1, 0.15) is 5.75 Å². The number of aliphatic carboxylic acids is 1. The van der Waals surface area contributed by atoms with Crippen LogP contribution in [0.2, 0.25) is 0 Å². The largest absolute Gasteiger partial charge is 0.493 e. The van der Waals surface area contributed by atoms with Gasteiger partial charge in [-0.25, -0.2) is 0 Å². The smallest absolute Gasteiger partial charge is 0.303 e. The SMILES string of the molecule is C[C@H](N)c1ccc(Br)cc1.O=C(O)C[C@@H]1CCc2ccc3c(c21)CCO3. The number of benzene rings is 2. The second-order valence-electron chi connectivity index (χ2n) is 6.89. The quantitative estimate of drug-likeness (QED) is 0.765. The van der Waals surface area contributed by atoms with Crippen LogP contribution in [0, 0.1) is 0 Å². The molecule has 26 heavy (non-hydrogen) atoms. The molecule has 1 aliphatic heterocycles. The van der Waals surface area contributed by atoms with Crippen LogP contribution in [0.5, 0.6) is 5.75 Å². The first-order chi connectivity index (χ1) is 12.5. The van der Waals surface area contributed by atoms with E-state index in [1.54, 1.807) is 0 Å². The summed E-state index contributed by atoms with van der Waals surface area (Å²) in [6.07, 6.45) is 3.18. The van der Waals surface area contributed by atoms with Crippen molar-refractivity contribution in [2.45, 2.75) is 44.6 Å². The number of hydrogen-bond donors (Lipinski definition) is 2. The number of carbonyl (C=O) groups is 1. The van der Waals surface area contributed by atoms with E-state index in [1.165, 1.54) is 22.3 Å². The fraction of sp³-hybridized carbons (Fsp3) is 0.381. The molecule has 2 aromatic carbocycles. The Labute approximate surface area is 162 Å². The van der Waals surface area contributed by atoms with Gasteiger partial charge in [-0.05, 0) is 60.6 Å². The molecular weight excluding hydrogens is 394 g/mol. The molecule has 0 fully saturated rings. The van der Waals surface area contributed by atoms with Crippen molar-refractivity contribution >= 4 is 21.9 Å². The van der Waals surface area contributed by atoms with Gasteiger partial charge in [-0.15, -0.1) is 0 Å². The number of ether oxygens (including phenoxy) is 1. The minimum absolute atomic E-state index is 0.132. The summed E-state index contributed by atoms with van der Waals surface area (Å²) in [4.78, 5) is 10.8. The van der Waals surface area contributed by atoms with Crippen molar-refractivity contribution in [3.05, 3.63) is 63.1 Å². The van der Waals surface area contributed by atoms with Crippen LogP contribution in [-0.4, -0.2) is 17.7 Å². The van der Waals surface area contributed by atoms with E-state index < -0.39 is 5.97 Å². The van der Waals surface area contributed by atoms with E-state index in [4.69, 9.17) is 15.6 Å². The summed E-state index contributed by atoms with van der Waals surface area (Å²) in [5.74, 6) is 0.467. The fourth-order valence-electron chi connectivity index (χ4n) is 3.73. The van der Waals surface area contributed by atoms with Crippen molar-refractivity contribution < 1.29 is 14.6 Å². The lowest BCUT2D eigenvalue weighted by atomic mass is 9.92. The Morgan fingerprint density at radius 3 is 2.65 bits per heavy atom. The zero-order chi connectivity index (χ0) is 18.7. The molecule has 4 rings (SSSR count). The van der Waals surface area contributed by atoms with Gasteiger partial charge >= 0.3 is 5.97 Å². The zero-order valence-electron chi connectivity index (χ0n) is 14.9. The molecule has 0 aromatic heterocycles. The highest BCUT2D eigenvalue weighted by atomic mass is 79.9. The molecule has 1 aliphatic carbocycles. The van der Waals surface area contributed by atoms with Gasteiger partial charge in [-0.2, -0.15) is 0 Å². The van der Waals surface area contributed by atoms with Gasteiger partial charge in [0, 0.05) is 22.5 Å². The van der Waals surface area contributed by atoms with Crippen molar-refractivity contribution in [3.8, 4) is 5.75 Å². The first-order valence-electron chi connectivity index (χ1n) is 8.96. The molecule has 0 saturated carbocycles. The molecule has 0 radical (unpaired) electrons. The molecule has 2 atom stereocenters. The summed E-state index contributed by atoms with van der Waals surface area (Å²) in [6, 6.07) is 12.3. The molecule has 0 saturated heterocycles. The average molecular weight is 418 g/mol. The van der Waals surface area contributed by atoms with Gasteiger partial charge in [0.05, 0.1) is 13.0 Å². The van der Waals surface area contributed by atoms with Crippen molar-refractivity contribution in [2.75, 3.05) is 6.61 Å². The van der Waals surface area contributed by atoms with E-state index in [9.17, 15) is 4.79 Å². The van der Waals surface area contributed by atoms with Crippen LogP contribution in [0.4, 0.5) is 0 Å². The van der Waals surface area contributed by atoms with Crippen LogP contribution in [0.3, 0.4) is 0 Å². The Bertz CT molecular complexity index is 787. The first-order valence-corrected chi connectivity index (χ1v) is 9.75. The summed E-state index contributed by atoms with van der Waals surface area (Å²) in [6.45, 7) is 2.72. The standard InChI is InChI=1S/C13H14O3.C8H10BrN/c14-12(15)7-9-2-1-8-3-4-11-10(13(8)9)5-6-16-11;1-6(10)7-2-4-8(9)5-3-7/h3-4,9H,1-2,5-7H2,(H,14,15);2-6H,10H2,1H3/t9-;6-/m00/s1. The predicted molar refractivity (Wildman–Crippen MR) is 106 cm³/mol. The van der Waals surface area contributed by atoms with Gasteiger partial charge in [-0.1, -0.05) is 34.1 Å². The molecule has 0 amide bonds. The molecule has 138 valence electrons. The number of carboxylic acid groups (broad SMARTS) is 1. The highest BCUT2D eigenvalue weighted by Gasteiger charge is 2.30. The van der Waals surface area contributed by atoms with E-state index in [-0.39, 0.29) is 18.4 Å². The van der Waals surface area contributed by atoms with Crippen LogP contribution in [0.15, 0.2) is 40.9 Å². The highest BCUT2D eigenvalue weighted by molar-refractivity contribution is 9.10. The molecule has 1 heterocycles. The van der Waals surface area contributed by atoms with Crippen LogP contribution >= 0.6 is 15.9 Å². The van der Waals surface area contributed by atoms with E-state index in [1.807, 2.05) is 37.3 Å². The number of fused-ring (bicyclic) bond motifs is 3. The number of aryl methyl sites for hydroxylation is 1. The Morgan fingerprint density at radius 1 is 1.27 bits per heavy atom. The molecule has 4 nitrogen and oxygen atoms in total. The Morgan fingerprint density at radius 2 is 2.00 bits per heavy atom. The molecule has 3 N–H and O–H groups in total. The molecule has 2 aliphatic rings. The molecular formula is C21H24BrNO3. The van der Waals surface area contributed by atoms with Crippen LogP contribution < -0.4 is 10.5 Å². The van der Waals surface area contributed by atoms with Crippen molar-refractivity contribution in [1.82, 2.24) is 0 Å². The third kappa shape index (κ3) is 4.27. The summed E-state index contributed by atoms with van der Waals surface area (Å²) in [5, 5.41) is 8.92. The summed E-state index contributed by atoms with van der Waals surface area (Å²) < 4.78 is 6.62. The summed E-state index contributed by atoms with van der Waals surface area (Å²) >= 11 is 3.35. The monoisotopic (exact) mass is 417 g/mol. The first kappa shape index (κ1) is 18.9. The number of carboxylic acids is 1.